The van der Waals surface area contributed by atoms with Crippen LogP contribution in [0, 0.1) is 22.7 Å². The summed E-state index contributed by atoms with van der Waals surface area (Å²) in [6.07, 6.45) is -1.01. The normalized spacial score (nSPS) is 14.3. The molecule has 1 atom stereocenters. The number of carbonyl (C=O) groups is 1. The van der Waals surface area contributed by atoms with E-state index in [9.17, 15) is 20.4 Å². The van der Waals surface area contributed by atoms with Gasteiger partial charge in [-0.3, -0.25) is 4.79 Å². The van der Waals surface area contributed by atoms with Crippen molar-refractivity contribution in [2.24, 2.45) is 0 Å². The zero-order chi connectivity index (χ0) is 28.2. The van der Waals surface area contributed by atoms with E-state index in [-0.39, 0.29) is 5.91 Å². The van der Waals surface area contributed by atoms with E-state index >= 15 is 0 Å². The van der Waals surface area contributed by atoms with Gasteiger partial charge < -0.3 is 14.6 Å². The number of benzene rings is 5. The molecule has 6 aromatic rings. The minimum absolute atomic E-state index is 0.239. The first-order valence-corrected chi connectivity index (χ1v) is 13.2. The smallest absolute Gasteiger partial charge is 0.258 e. The Morgan fingerprint density at radius 3 is 1.78 bits per heavy atom. The average Bonchev–Trinajstić information content (AvgIpc) is 3.46. The van der Waals surface area contributed by atoms with Crippen molar-refractivity contribution in [1.29, 1.82) is 10.5 Å². The number of aliphatic hydroxyl groups excluding tert-OH is 1. The summed E-state index contributed by atoms with van der Waals surface area (Å²) in [5.74, 6) is -0.239. The van der Waals surface area contributed by atoms with Crippen molar-refractivity contribution < 1.29 is 9.90 Å². The van der Waals surface area contributed by atoms with Crippen LogP contribution in [0.15, 0.2) is 103 Å². The lowest BCUT2D eigenvalue weighted by molar-refractivity contribution is 0.0302. The third-order valence-electron chi connectivity index (χ3n) is 7.98. The molecule has 2 heterocycles. The average molecular weight is 531 g/mol. The predicted octanol–water partition coefficient (Wildman–Crippen LogP) is 6.94. The van der Waals surface area contributed by atoms with Gasteiger partial charge in [0, 0.05) is 23.4 Å². The number of carbonyl (C=O) groups excluding carboxylic acids is 1. The highest BCUT2D eigenvalue weighted by Crippen LogP contribution is 2.41. The fourth-order valence-corrected chi connectivity index (χ4v) is 5.97. The van der Waals surface area contributed by atoms with Crippen molar-refractivity contribution >= 4 is 27.7 Å². The van der Waals surface area contributed by atoms with Crippen LogP contribution >= 0.6 is 0 Å². The number of nitrogens with zero attached hydrogens (tertiary/aromatic N) is 4. The molecule has 6 heteroatoms. The highest BCUT2D eigenvalue weighted by atomic mass is 16.3. The summed E-state index contributed by atoms with van der Waals surface area (Å²) in [5.41, 5.74) is 8.15. The van der Waals surface area contributed by atoms with E-state index in [4.69, 9.17) is 0 Å². The molecule has 0 fully saturated rings. The summed E-state index contributed by atoms with van der Waals surface area (Å²) in [6.45, 7) is 0. The van der Waals surface area contributed by atoms with Crippen molar-refractivity contribution in [2.75, 3.05) is 7.05 Å². The largest absolute Gasteiger partial charge is 0.369 e. The van der Waals surface area contributed by atoms with E-state index < -0.39 is 6.23 Å². The van der Waals surface area contributed by atoms with Crippen LogP contribution in [0.5, 0.6) is 0 Å². The van der Waals surface area contributed by atoms with Gasteiger partial charge in [-0.25, -0.2) is 0 Å². The van der Waals surface area contributed by atoms with Crippen molar-refractivity contribution in [3.63, 3.8) is 0 Å². The summed E-state index contributed by atoms with van der Waals surface area (Å²) in [5, 5.41) is 32.1. The Kier molecular flexibility index (Phi) is 5.47. The van der Waals surface area contributed by atoms with E-state index in [0.717, 1.165) is 44.1 Å². The number of hydrogen-bond acceptors (Lipinski definition) is 4. The number of amides is 1. The van der Waals surface area contributed by atoms with Crippen LogP contribution in [0.1, 0.15) is 33.3 Å². The third-order valence-corrected chi connectivity index (χ3v) is 7.98. The minimum Gasteiger partial charge on any atom is -0.369 e. The fourth-order valence-electron chi connectivity index (χ4n) is 5.97. The van der Waals surface area contributed by atoms with Crippen molar-refractivity contribution in [1.82, 2.24) is 9.47 Å². The minimum atomic E-state index is -1.01. The van der Waals surface area contributed by atoms with Crippen molar-refractivity contribution in [2.45, 2.75) is 6.23 Å². The van der Waals surface area contributed by atoms with Gasteiger partial charge in [0.25, 0.3) is 5.91 Å². The molecular weight excluding hydrogens is 508 g/mol. The molecule has 41 heavy (non-hydrogen) atoms. The Bertz CT molecular complexity index is 2030. The quantitative estimate of drug-likeness (QED) is 0.268. The molecule has 194 valence electrons. The SMILES string of the molecule is CN1C(=O)c2c(cccc2-n2c3ccc(-c4ccccc4C#N)cc3c3cc(-c4ccccc4C#N)ccc32)C1O. The number of aliphatic hydroxyl groups is 1. The molecule has 1 aliphatic heterocycles. The first kappa shape index (κ1) is 24.4. The Hall–Kier alpha value is -5.69. The zero-order valence-electron chi connectivity index (χ0n) is 22.0. The lowest BCUT2D eigenvalue weighted by Gasteiger charge is -2.13. The van der Waals surface area contributed by atoms with Gasteiger partial charge in [0.1, 0.15) is 0 Å². The summed E-state index contributed by atoms with van der Waals surface area (Å²) in [7, 11) is 1.60. The second kappa shape index (κ2) is 9.20. The van der Waals surface area contributed by atoms with Crippen LogP contribution in [-0.2, 0) is 0 Å². The second-order valence-corrected chi connectivity index (χ2v) is 10.1. The maximum absolute atomic E-state index is 13.3. The molecule has 1 N–H and O–H groups in total. The molecule has 6 nitrogen and oxygen atoms in total. The third kappa shape index (κ3) is 3.56. The molecule has 0 aliphatic carbocycles. The molecule has 1 aromatic heterocycles. The first-order valence-electron chi connectivity index (χ1n) is 13.2. The van der Waals surface area contributed by atoms with Crippen LogP contribution in [0.3, 0.4) is 0 Å². The van der Waals surface area contributed by atoms with Crippen LogP contribution in [0.25, 0.3) is 49.7 Å². The molecule has 0 saturated carbocycles. The van der Waals surface area contributed by atoms with Gasteiger partial charge in [-0.2, -0.15) is 10.5 Å². The highest BCUT2D eigenvalue weighted by Gasteiger charge is 2.35. The monoisotopic (exact) mass is 530 g/mol. The first-order chi connectivity index (χ1) is 20.0. The second-order valence-electron chi connectivity index (χ2n) is 10.1. The van der Waals surface area contributed by atoms with Crippen LogP contribution in [-0.4, -0.2) is 27.5 Å². The number of hydrogen-bond donors (Lipinski definition) is 1. The number of rotatable bonds is 3. The standard InChI is InChI=1S/C35H22N4O2/c1-38-34(40)27-11-6-12-32(33(27)35(38)41)39-30-15-13-21(25-9-4-2-7-23(25)19-36)17-28(30)29-18-22(14-16-31(29)39)26-10-5-3-8-24(26)20-37/h2-18,34,40H,1H3. The molecule has 0 saturated heterocycles. The van der Waals surface area contributed by atoms with Gasteiger partial charge in [-0.05, 0) is 64.7 Å². The van der Waals surface area contributed by atoms with Gasteiger partial charge in [0.05, 0.1) is 45.5 Å². The Morgan fingerprint density at radius 2 is 1.24 bits per heavy atom. The summed E-state index contributed by atoms with van der Waals surface area (Å²) in [6, 6.07) is 37.3. The van der Waals surface area contributed by atoms with E-state index in [0.29, 0.717) is 27.9 Å². The molecule has 0 bridgehead atoms. The molecule has 5 aromatic carbocycles. The number of fused-ring (bicyclic) bond motifs is 4. The van der Waals surface area contributed by atoms with E-state index in [1.807, 2.05) is 72.8 Å². The molecule has 7 rings (SSSR count). The van der Waals surface area contributed by atoms with E-state index in [2.05, 4.69) is 28.8 Å². The van der Waals surface area contributed by atoms with Crippen LogP contribution in [0.2, 0.25) is 0 Å². The molecule has 1 unspecified atom stereocenters. The van der Waals surface area contributed by atoms with E-state index in [1.54, 1.807) is 25.2 Å². The van der Waals surface area contributed by atoms with Crippen LogP contribution < -0.4 is 0 Å². The fraction of sp³-hybridized carbons (Fsp3) is 0.0571. The van der Waals surface area contributed by atoms with Gasteiger partial charge in [-0.1, -0.05) is 60.7 Å². The van der Waals surface area contributed by atoms with Gasteiger partial charge in [0.15, 0.2) is 6.23 Å². The Balaban J connectivity index is 1.57. The van der Waals surface area contributed by atoms with Crippen LogP contribution in [0.4, 0.5) is 0 Å². The Labute approximate surface area is 236 Å². The molecule has 0 spiro atoms. The molecule has 0 radical (unpaired) electrons. The molecular formula is C35H22N4O2. The van der Waals surface area contributed by atoms with Crippen molar-refractivity contribution in [3.8, 4) is 40.1 Å². The molecule has 1 amide bonds. The number of aromatic nitrogens is 1. The maximum atomic E-state index is 13.3. The lowest BCUT2D eigenvalue weighted by atomic mass is 9.96. The highest BCUT2D eigenvalue weighted by molar-refractivity contribution is 6.13. The van der Waals surface area contributed by atoms with Gasteiger partial charge in [-0.15, -0.1) is 0 Å². The topological polar surface area (TPSA) is 93.0 Å². The summed E-state index contributed by atoms with van der Waals surface area (Å²) < 4.78 is 2.06. The number of nitriles is 2. The lowest BCUT2D eigenvalue weighted by Crippen LogP contribution is -2.22. The maximum Gasteiger partial charge on any atom is 0.258 e. The van der Waals surface area contributed by atoms with E-state index in [1.165, 1.54) is 4.90 Å². The summed E-state index contributed by atoms with van der Waals surface area (Å²) in [4.78, 5) is 14.6. The molecule has 1 aliphatic rings. The van der Waals surface area contributed by atoms with Gasteiger partial charge >= 0.3 is 0 Å². The van der Waals surface area contributed by atoms with Crippen molar-refractivity contribution in [3.05, 3.63) is 125 Å². The Morgan fingerprint density at radius 1 is 0.707 bits per heavy atom. The summed E-state index contributed by atoms with van der Waals surface area (Å²) >= 11 is 0. The van der Waals surface area contributed by atoms with Gasteiger partial charge in [0.2, 0.25) is 0 Å². The predicted molar refractivity (Wildman–Crippen MR) is 158 cm³/mol. The zero-order valence-corrected chi connectivity index (χ0v) is 22.0.